The Morgan fingerprint density at radius 2 is 1.85 bits per heavy atom. The Balaban J connectivity index is 1.19. The number of nitrogens with one attached hydrogen (secondary N) is 3. The molecule has 10 heteroatoms. The number of ether oxygens (including phenoxy) is 1. The van der Waals surface area contributed by atoms with E-state index in [0.717, 1.165) is 37.2 Å². The predicted octanol–water partition coefficient (Wildman–Crippen LogP) is 3.56. The number of hydrogen-bond donors (Lipinski definition) is 3. The molecule has 4 amide bonds. The van der Waals surface area contributed by atoms with Gasteiger partial charge in [-0.2, -0.15) is 0 Å². The standard InChI is InChI=1S/C29H31N5O4S/c1-2-23(35)33-16-6-7-18(17-33)31-27(36)26-25-24-22(14-15-30-28(24)39-26)34(29(37)32-25)19-10-12-21(13-11-19)38-20-8-4-3-5-9-20/h2-5,8-13,18,22,24,28,30H,1,6-7,14-17H2,(H,31,36)(H,32,37)/t18-,22?,24?,28?/m1/s1. The van der Waals surface area contributed by atoms with Gasteiger partial charge in [0, 0.05) is 36.4 Å². The van der Waals surface area contributed by atoms with Crippen LogP contribution in [0.2, 0.25) is 0 Å². The fourth-order valence-electron chi connectivity index (χ4n) is 5.90. The number of benzene rings is 2. The molecule has 3 saturated heterocycles. The molecule has 9 nitrogen and oxygen atoms in total. The summed E-state index contributed by atoms with van der Waals surface area (Å²) in [6.45, 7) is 5.45. The molecule has 0 aliphatic carbocycles. The minimum atomic E-state index is -0.239. The lowest BCUT2D eigenvalue weighted by molar-refractivity contribution is -0.128. The van der Waals surface area contributed by atoms with Crippen LogP contribution in [0.25, 0.3) is 0 Å². The number of amides is 4. The monoisotopic (exact) mass is 545 g/mol. The zero-order valence-electron chi connectivity index (χ0n) is 21.5. The molecule has 4 aliphatic heterocycles. The zero-order valence-corrected chi connectivity index (χ0v) is 22.3. The van der Waals surface area contributed by atoms with Gasteiger partial charge in [0.1, 0.15) is 11.5 Å². The smallest absolute Gasteiger partial charge is 0.326 e. The molecular formula is C29H31N5O4S. The van der Waals surface area contributed by atoms with Crippen LogP contribution < -0.4 is 25.6 Å². The van der Waals surface area contributed by atoms with Gasteiger partial charge in [-0.3, -0.25) is 14.5 Å². The molecule has 3 N–H and O–H groups in total. The Morgan fingerprint density at radius 1 is 1.08 bits per heavy atom. The van der Waals surface area contributed by atoms with Crippen molar-refractivity contribution in [2.24, 2.45) is 5.92 Å². The molecule has 202 valence electrons. The molecule has 0 bridgehead atoms. The van der Waals surface area contributed by atoms with Gasteiger partial charge in [0.25, 0.3) is 5.91 Å². The summed E-state index contributed by atoms with van der Waals surface area (Å²) in [4.78, 5) is 43.0. The highest BCUT2D eigenvalue weighted by atomic mass is 32.2. The number of hydrogen-bond acceptors (Lipinski definition) is 6. The minimum Gasteiger partial charge on any atom is -0.457 e. The van der Waals surface area contributed by atoms with Gasteiger partial charge < -0.3 is 25.6 Å². The van der Waals surface area contributed by atoms with Crippen molar-refractivity contribution < 1.29 is 19.1 Å². The van der Waals surface area contributed by atoms with Gasteiger partial charge in [0.05, 0.1) is 16.3 Å². The van der Waals surface area contributed by atoms with Crippen molar-refractivity contribution in [2.45, 2.75) is 36.7 Å². The second-order valence-electron chi connectivity index (χ2n) is 10.1. The molecule has 6 rings (SSSR count). The Labute approximate surface area is 231 Å². The second-order valence-corrected chi connectivity index (χ2v) is 11.3. The van der Waals surface area contributed by atoms with Crippen molar-refractivity contribution in [2.75, 3.05) is 24.5 Å². The number of thioether (sulfide) groups is 1. The van der Waals surface area contributed by atoms with Crippen molar-refractivity contribution >= 4 is 35.3 Å². The van der Waals surface area contributed by atoms with Crippen LogP contribution in [0.5, 0.6) is 11.5 Å². The van der Waals surface area contributed by atoms with E-state index in [4.69, 9.17) is 4.74 Å². The number of nitrogens with zero attached hydrogens (tertiary/aromatic N) is 2. The van der Waals surface area contributed by atoms with E-state index in [9.17, 15) is 14.4 Å². The van der Waals surface area contributed by atoms with Gasteiger partial charge in [-0.25, -0.2) is 4.79 Å². The largest absolute Gasteiger partial charge is 0.457 e. The average Bonchev–Trinajstić information content (AvgIpc) is 3.33. The summed E-state index contributed by atoms with van der Waals surface area (Å²) < 4.78 is 5.92. The van der Waals surface area contributed by atoms with Gasteiger partial charge in [-0.1, -0.05) is 36.5 Å². The average molecular weight is 546 g/mol. The molecule has 4 atom stereocenters. The van der Waals surface area contributed by atoms with Crippen LogP contribution in [0.4, 0.5) is 10.5 Å². The maximum Gasteiger partial charge on any atom is 0.326 e. The Kier molecular flexibility index (Phi) is 7.05. The van der Waals surface area contributed by atoms with Crippen molar-refractivity contribution in [3.63, 3.8) is 0 Å². The van der Waals surface area contributed by atoms with Crippen LogP contribution in [0, 0.1) is 5.92 Å². The number of anilines is 1. The van der Waals surface area contributed by atoms with Gasteiger partial charge in [-0.05, 0) is 68.3 Å². The van der Waals surface area contributed by atoms with Gasteiger partial charge in [0.15, 0.2) is 0 Å². The second kappa shape index (κ2) is 10.8. The predicted molar refractivity (Wildman–Crippen MR) is 150 cm³/mol. The molecular weight excluding hydrogens is 514 g/mol. The van der Waals surface area contributed by atoms with Gasteiger partial charge >= 0.3 is 6.03 Å². The summed E-state index contributed by atoms with van der Waals surface area (Å²) in [7, 11) is 0. The first kappa shape index (κ1) is 25.5. The lowest BCUT2D eigenvalue weighted by atomic mass is 9.86. The van der Waals surface area contributed by atoms with Crippen LogP contribution in [0.15, 0.2) is 77.9 Å². The van der Waals surface area contributed by atoms with E-state index in [1.807, 2.05) is 59.5 Å². The number of piperidine rings is 2. The van der Waals surface area contributed by atoms with Crippen molar-refractivity contribution in [3.8, 4) is 11.5 Å². The number of carbonyl (C=O) groups excluding carboxylic acids is 3. The maximum absolute atomic E-state index is 13.5. The molecule has 0 spiro atoms. The molecule has 39 heavy (non-hydrogen) atoms. The number of likely N-dealkylation sites (tertiary alicyclic amines) is 1. The highest BCUT2D eigenvalue weighted by Gasteiger charge is 2.51. The van der Waals surface area contributed by atoms with Crippen LogP contribution in [0.3, 0.4) is 0 Å². The van der Waals surface area contributed by atoms with Crippen LogP contribution >= 0.6 is 11.8 Å². The van der Waals surface area contributed by atoms with E-state index in [-0.39, 0.29) is 41.2 Å². The van der Waals surface area contributed by atoms with Crippen LogP contribution in [-0.4, -0.2) is 59.8 Å². The summed E-state index contributed by atoms with van der Waals surface area (Å²) >= 11 is 1.48. The van der Waals surface area contributed by atoms with E-state index in [1.165, 1.54) is 17.8 Å². The van der Waals surface area contributed by atoms with E-state index < -0.39 is 0 Å². The summed E-state index contributed by atoms with van der Waals surface area (Å²) in [5.41, 5.74) is 1.48. The number of para-hydroxylation sites is 1. The first-order valence-corrected chi connectivity index (χ1v) is 14.2. The van der Waals surface area contributed by atoms with Crippen molar-refractivity contribution in [3.05, 3.63) is 77.9 Å². The lowest BCUT2D eigenvalue weighted by Crippen LogP contribution is -2.62. The third-order valence-corrected chi connectivity index (χ3v) is 9.04. The SMILES string of the molecule is C=CC(=O)N1CCC[C@@H](NC(=O)C2=C3NC(=O)N(c4ccc(Oc5ccccc5)cc4)C4CCNC(S2)C34)C1. The zero-order chi connectivity index (χ0) is 26.9. The summed E-state index contributed by atoms with van der Waals surface area (Å²) in [5, 5.41) is 9.69. The van der Waals surface area contributed by atoms with Gasteiger partial charge in [-0.15, -0.1) is 0 Å². The van der Waals surface area contributed by atoms with Crippen molar-refractivity contribution in [1.29, 1.82) is 0 Å². The molecule has 4 aliphatic rings. The first-order chi connectivity index (χ1) is 19.0. The summed E-state index contributed by atoms with van der Waals surface area (Å²) in [6.07, 6.45) is 3.71. The lowest BCUT2D eigenvalue weighted by Gasteiger charge is -2.45. The van der Waals surface area contributed by atoms with Crippen molar-refractivity contribution in [1.82, 2.24) is 20.9 Å². The number of rotatable bonds is 6. The molecule has 0 saturated carbocycles. The highest BCUT2D eigenvalue weighted by molar-refractivity contribution is 8.04. The molecule has 4 heterocycles. The quantitative estimate of drug-likeness (QED) is 0.480. The number of carbonyl (C=O) groups is 3. The number of urea groups is 1. The van der Waals surface area contributed by atoms with Gasteiger partial charge in [0.2, 0.25) is 5.91 Å². The fourth-order valence-corrected chi connectivity index (χ4v) is 7.30. The van der Waals surface area contributed by atoms with E-state index in [0.29, 0.717) is 29.4 Å². The van der Waals surface area contributed by atoms with E-state index in [1.54, 1.807) is 4.90 Å². The van der Waals surface area contributed by atoms with Crippen LogP contribution in [-0.2, 0) is 9.59 Å². The Bertz CT molecular complexity index is 1310. The highest BCUT2D eigenvalue weighted by Crippen LogP contribution is 2.48. The fraction of sp³-hybridized carbons (Fsp3) is 0.345. The molecule has 0 radical (unpaired) electrons. The first-order valence-electron chi connectivity index (χ1n) is 13.3. The van der Waals surface area contributed by atoms with E-state index >= 15 is 0 Å². The molecule has 0 aromatic heterocycles. The van der Waals surface area contributed by atoms with Crippen LogP contribution in [0.1, 0.15) is 19.3 Å². The Hall–Kier alpha value is -3.76. The normalized spacial score (nSPS) is 26.0. The van der Waals surface area contributed by atoms with E-state index in [2.05, 4.69) is 22.5 Å². The summed E-state index contributed by atoms with van der Waals surface area (Å²) in [5.74, 6) is 1.09. The topological polar surface area (TPSA) is 103 Å². The summed E-state index contributed by atoms with van der Waals surface area (Å²) in [6, 6.07) is 16.7. The maximum atomic E-state index is 13.5. The molecule has 2 aromatic carbocycles. The molecule has 2 aromatic rings. The third kappa shape index (κ3) is 5.02. The third-order valence-electron chi connectivity index (χ3n) is 7.68. The Morgan fingerprint density at radius 3 is 2.62 bits per heavy atom. The molecule has 3 fully saturated rings. The minimum absolute atomic E-state index is 0.00603. The molecule has 3 unspecified atom stereocenters.